The molecule has 0 radical (unpaired) electrons. The number of nitrogens with one attached hydrogen (secondary N) is 1. The molecule has 0 amide bonds. The van der Waals surface area contributed by atoms with Gasteiger partial charge in [-0.15, -0.1) is 0 Å². The van der Waals surface area contributed by atoms with E-state index < -0.39 is 0 Å². The molecule has 1 aromatic heterocycles. The van der Waals surface area contributed by atoms with E-state index in [4.69, 9.17) is 4.74 Å². The van der Waals surface area contributed by atoms with Gasteiger partial charge in [-0.2, -0.15) is 0 Å². The first-order valence-corrected chi connectivity index (χ1v) is 4.35. The summed E-state index contributed by atoms with van der Waals surface area (Å²) in [6.07, 6.45) is 7.80. The molecule has 2 heterocycles. The third-order valence-electron chi connectivity index (χ3n) is 1.93. The first kappa shape index (κ1) is 8.90. The third kappa shape index (κ3) is 1.80. The fourth-order valence-corrected chi connectivity index (χ4v) is 1.26. The summed E-state index contributed by atoms with van der Waals surface area (Å²) in [5, 5.41) is 0. The van der Waals surface area contributed by atoms with Gasteiger partial charge in [0.15, 0.2) is 0 Å². The monoisotopic (exact) mass is 190 g/mol. The zero-order chi connectivity index (χ0) is 9.80. The second-order valence-electron chi connectivity index (χ2n) is 2.88. The van der Waals surface area contributed by atoms with E-state index in [1.54, 1.807) is 6.21 Å². The zero-order valence-corrected chi connectivity index (χ0v) is 7.51. The number of aromatic nitrogens is 1. The first-order chi connectivity index (χ1) is 6.90. The molecule has 14 heavy (non-hydrogen) atoms. The summed E-state index contributed by atoms with van der Waals surface area (Å²) < 4.78 is 5.19. The quantitative estimate of drug-likeness (QED) is 0.731. The minimum atomic E-state index is -0.221. The predicted molar refractivity (Wildman–Crippen MR) is 53.8 cm³/mol. The van der Waals surface area contributed by atoms with Crippen LogP contribution in [0.15, 0.2) is 23.3 Å². The lowest BCUT2D eigenvalue weighted by Crippen LogP contribution is -2.12. The summed E-state index contributed by atoms with van der Waals surface area (Å²) in [6, 6.07) is 1.94. The van der Waals surface area contributed by atoms with Crippen molar-refractivity contribution in [3.63, 3.8) is 0 Å². The van der Waals surface area contributed by atoms with E-state index in [1.165, 1.54) is 0 Å². The van der Waals surface area contributed by atoms with Crippen molar-refractivity contribution in [3.05, 3.63) is 23.9 Å². The Labute approximate surface area is 81.3 Å². The first-order valence-electron chi connectivity index (χ1n) is 4.35. The van der Waals surface area contributed by atoms with Gasteiger partial charge >= 0.3 is 0 Å². The average molecular weight is 190 g/mol. The van der Waals surface area contributed by atoms with Crippen molar-refractivity contribution in [1.82, 2.24) is 4.98 Å². The largest absolute Gasteiger partial charge is 0.361 e. The number of nitrogens with zero attached hydrogens (tertiary/aromatic N) is 1. The molecule has 0 aromatic carbocycles. The van der Waals surface area contributed by atoms with Gasteiger partial charge in [-0.3, -0.25) is 0 Å². The van der Waals surface area contributed by atoms with E-state index in [0.29, 0.717) is 0 Å². The lowest BCUT2D eigenvalue weighted by atomic mass is 10.2. The van der Waals surface area contributed by atoms with Gasteiger partial charge in [0.1, 0.15) is 24.8 Å². The summed E-state index contributed by atoms with van der Waals surface area (Å²) in [7, 11) is 0. The van der Waals surface area contributed by atoms with E-state index in [9.17, 15) is 4.79 Å². The number of hydrogen-bond acceptors (Lipinski definition) is 3. The molecule has 0 saturated carbocycles. The highest BCUT2D eigenvalue weighted by Crippen LogP contribution is 2.20. The maximum Gasteiger partial charge on any atom is 0.145 e. The van der Waals surface area contributed by atoms with E-state index in [-0.39, 0.29) is 12.7 Å². The molecule has 72 valence electrons. The number of H-pyrrole nitrogens is 1. The van der Waals surface area contributed by atoms with Crippen LogP contribution >= 0.6 is 0 Å². The highest BCUT2D eigenvalue weighted by Gasteiger charge is 2.07. The molecular formula is C10H10N2O2. The van der Waals surface area contributed by atoms with Crippen molar-refractivity contribution in [2.45, 2.75) is 6.10 Å². The normalized spacial score (nSPS) is 19.0. The summed E-state index contributed by atoms with van der Waals surface area (Å²) in [5.74, 6) is 0.818. The minimum absolute atomic E-state index is 0.0922. The molecule has 0 spiro atoms. The van der Waals surface area contributed by atoms with Gasteiger partial charge in [-0.25, -0.2) is 4.99 Å². The molecule has 0 bridgehead atoms. The Morgan fingerprint density at radius 3 is 3.43 bits per heavy atom. The maximum atomic E-state index is 10.1. The van der Waals surface area contributed by atoms with Crippen LogP contribution in [0.3, 0.4) is 0 Å². The van der Waals surface area contributed by atoms with Gasteiger partial charge in [-0.05, 0) is 12.1 Å². The lowest BCUT2D eigenvalue weighted by molar-refractivity contribution is -0.112. The fraction of sp³-hybridized carbons (Fsp3) is 0.200. The van der Waals surface area contributed by atoms with Crippen LogP contribution < -0.4 is 0 Å². The van der Waals surface area contributed by atoms with E-state index in [2.05, 4.69) is 9.98 Å². The SMILES string of the molecule is O=CCOC1C=Cc2cc[nH]c2N=C1. The highest BCUT2D eigenvalue weighted by molar-refractivity contribution is 5.77. The zero-order valence-electron chi connectivity index (χ0n) is 7.51. The van der Waals surface area contributed by atoms with Gasteiger partial charge in [0.2, 0.25) is 0 Å². The number of fused-ring (bicyclic) bond motifs is 1. The summed E-state index contributed by atoms with van der Waals surface area (Å²) in [4.78, 5) is 17.3. The van der Waals surface area contributed by atoms with Gasteiger partial charge in [0.25, 0.3) is 0 Å². The van der Waals surface area contributed by atoms with Gasteiger partial charge < -0.3 is 14.5 Å². The van der Waals surface area contributed by atoms with Crippen LogP contribution in [0.25, 0.3) is 6.08 Å². The molecule has 1 aliphatic heterocycles. The summed E-state index contributed by atoms with van der Waals surface area (Å²) in [5.41, 5.74) is 1.03. The van der Waals surface area contributed by atoms with Crippen LogP contribution in [0, 0.1) is 0 Å². The molecule has 2 rings (SSSR count). The number of ether oxygens (including phenoxy) is 1. The Morgan fingerprint density at radius 1 is 1.64 bits per heavy atom. The Balaban J connectivity index is 2.12. The molecule has 0 fully saturated rings. The number of aromatic amines is 1. The van der Waals surface area contributed by atoms with E-state index in [0.717, 1.165) is 17.7 Å². The van der Waals surface area contributed by atoms with Crippen molar-refractivity contribution < 1.29 is 9.53 Å². The van der Waals surface area contributed by atoms with Crippen LogP contribution in [0.1, 0.15) is 5.56 Å². The summed E-state index contributed by atoms with van der Waals surface area (Å²) >= 11 is 0. The van der Waals surface area contributed by atoms with E-state index in [1.807, 2.05) is 24.4 Å². The third-order valence-corrected chi connectivity index (χ3v) is 1.93. The topological polar surface area (TPSA) is 54.5 Å². The maximum absolute atomic E-state index is 10.1. The number of hydrogen-bond donors (Lipinski definition) is 1. The van der Waals surface area contributed by atoms with Crippen LogP contribution in [0.5, 0.6) is 0 Å². The Hall–Kier alpha value is -1.68. The van der Waals surface area contributed by atoms with Gasteiger partial charge in [-0.1, -0.05) is 6.08 Å². The van der Waals surface area contributed by atoms with Crippen molar-refractivity contribution in [1.29, 1.82) is 0 Å². The minimum Gasteiger partial charge on any atom is -0.361 e. The highest BCUT2D eigenvalue weighted by atomic mass is 16.5. The molecule has 1 N–H and O–H groups in total. The van der Waals surface area contributed by atoms with Crippen molar-refractivity contribution in [2.75, 3.05) is 6.61 Å². The van der Waals surface area contributed by atoms with Crippen LogP contribution in [-0.4, -0.2) is 30.2 Å². The van der Waals surface area contributed by atoms with Gasteiger partial charge in [0.05, 0.1) is 0 Å². The molecule has 0 saturated heterocycles. The Morgan fingerprint density at radius 2 is 2.57 bits per heavy atom. The molecule has 1 atom stereocenters. The molecule has 4 heteroatoms. The van der Waals surface area contributed by atoms with Gasteiger partial charge in [0, 0.05) is 18.0 Å². The molecular weight excluding hydrogens is 180 g/mol. The van der Waals surface area contributed by atoms with Crippen molar-refractivity contribution >= 4 is 24.4 Å². The molecule has 1 aromatic rings. The molecule has 1 aliphatic rings. The lowest BCUT2D eigenvalue weighted by Gasteiger charge is -2.03. The standard InChI is InChI=1S/C10H10N2O2/c13-5-6-14-9-2-1-8-3-4-11-10(8)12-7-9/h1-5,7,9,11H,6H2. The average Bonchev–Trinajstić information content (AvgIpc) is 2.57. The number of aliphatic imine (C=N–C) groups is 1. The smallest absolute Gasteiger partial charge is 0.145 e. The van der Waals surface area contributed by atoms with Crippen LogP contribution in [0.2, 0.25) is 0 Å². The number of carbonyl (C=O) groups excluding carboxylic acids is 1. The number of rotatable bonds is 3. The Kier molecular flexibility index (Phi) is 2.55. The fourth-order valence-electron chi connectivity index (χ4n) is 1.26. The second kappa shape index (κ2) is 4.02. The molecule has 1 unspecified atom stereocenters. The Bertz CT molecular complexity index is 351. The van der Waals surface area contributed by atoms with Crippen molar-refractivity contribution in [2.24, 2.45) is 4.99 Å². The molecule has 4 nitrogen and oxygen atoms in total. The second-order valence-corrected chi connectivity index (χ2v) is 2.88. The van der Waals surface area contributed by atoms with Crippen LogP contribution in [-0.2, 0) is 9.53 Å². The molecule has 0 aliphatic carbocycles. The van der Waals surface area contributed by atoms with E-state index >= 15 is 0 Å². The van der Waals surface area contributed by atoms with Crippen LogP contribution in [0.4, 0.5) is 5.82 Å². The number of carbonyl (C=O) groups is 1. The van der Waals surface area contributed by atoms with Crippen molar-refractivity contribution in [3.8, 4) is 0 Å². The predicted octanol–water partition coefficient (Wildman–Crippen LogP) is 1.33. The number of aldehydes is 1. The summed E-state index contributed by atoms with van der Waals surface area (Å²) in [6.45, 7) is 0.0922.